The van der Waals surface area contributed by atoms with E-state index in [1.807, 2.05) is 48.5 Å². The number of anilines is 1. The summed E-state index contributed by atoms with van der Waals surface area (Å²) < 4.78 is 19.7. The van der Waals surface area contributed by atoms with Crippen molar-refractivity contribution in [3.8, 4) is 5.75 Å². The molecule has 0 radical (unpaired) electrons. The van der Waals surface area contributed by atoms with Crippen LogP contribution in [0.5, 0.6) is 5.75 Å². The molecule has 1 aliphatic heterocycles. The lowest BCUT2D eigenvalue weighted by Gasteiger charge is -2.45. The number of hydrogen-bond donors (Lipinski definition) is 0. The average Bonchev–Trinajstić information content (AvgIpc) is 3.19. The lowest BCUT2D eigenvalue weighted by Crippen LogP contribution is -2.41. The molecule has 37 heavy (non-hydrogen) atoms. The van der Waals surface area contributed by atoms with E-state index in [4.69, 9.17) is 4.74 Å². The van der Waals surface area contributed by atoms with Crippen molar-refractivity contribution in [1.29, 1.82) is 0 Å². The Hall–Kier alpha value is -4.58. The molecule has 4 aromatic rings. The summed E-state index contributed by atoms with van der Waals surface area (Å²) in [5, 5.41) is 0. The first-order valence-corrected chi connectivity index (χ1v) is 12.2. The molecule has 2 amide bonds. The Morgan fingerprint density at radius 3 is 1.65 bits per heavy atom. The van der Waals surface area contributed by atoms with Gasteiger partial charge in [0, 0.05) is 11.8 Å². The van der Waals surface area contributed by atoms with E-state index in [0.717, 1.165) is 27.2 Å². The monoisotopic (exact) mass is 489 g/mol. The fourth-order valence-corrected chi connectivity index (χ4v) is 6.42. The Balaban J connectivity index is 1.32. The average molecular weight is 490 g/mol. The number of halogens is 1. The van der Waals surface area contributed by atoms with Crippen molar-refractivity contribution in [2.75, 3.05) is 4.90 Å². The number of para-hydroxylation sites is 2. The summed E-state index contributed by atoms with van der Waals surface area (Å²) in [5.74, 6) is -3.81. The second kappa shape index (κ2) is 7.96. The van der Waals surface area contributed by atoms with Gasteiger partial charge in [0.25, 0.3) is 0 Å². The first-order chi connectivity index (χ1) is 18.1. The Kier molecular flexibility index (Phi) is 4.67. The van der Waals surface area contributed by atoms with Crippen molar-refractivity contribution in [2.45, 2.75) is 11.8 Å². The quantitative estimate of drug-likeness (QED) is 0.218. The van der Waals surface area contributed by atoms with E-state index in [1.54, 1.807) is 18.2 Å². The van der Waals surface area contributed by atoms with Crippen LogP contribution in [0.2, 0.25) is 0 Å². The number of ether oxygens (including phenoxy) is 1. The van der Waals surface area contributed by atoms with Crippen molar-refractivity contribution in [2.24, 2.45) is 11.8 Å². The van der Waals surface area contributed by atoms with Gasteiger partial charge >= 0.3 is 5.97 Å². The largest absolute Gasteiger partial charge is 0.421 e. The molecule has 1 fully saturated rings. The molecular formula is C31H20FNO4. The summed E-state index contributed by atoms with van der Waals surface area (Å²) in [6.45, 7) is 0. The number of rotatable bonds is 3. The smallest absolute Gasteiger partial charge is 0.346 e. The number of carbonyl (C=O) groups excluding carboxylic acids is 3. The normalized spacial score (nSPS) is 22.9. The van der Waals surface area contributed by atoms with Gasteiger partial charge < -0.3 is 4.74 Å². The SMILES string of the molecule is O=C(Oc1ccccc1N1C(=O)C2C3c4ccccc4C(c4ccccc43)C2C1=O)c1ccccc1F. The van der Waals surface area contributed by atoms with E-state index in [-0.39, 0.29) is 40.7 Å². The van der Waals surface area contributed by atoms with Crippen molar-refractivity contribution in [3.63, 3.8) is 0 Å². The van der Waals surface area contributed by atoms with Crippen LogP contribution >= 0.6 is 0 Å². The minimum atomic E-state index is -0.901. The molecule has 0 spiro atoms. The summed E-state index contributed by atoms with van der Waals surface area (Å²) in [6.07, 6.45) is 0. The van der Waals surface area contributed by atoms with E-state index in [2.05, 4.69) is 0 Å². The van der Waals surface area contributed by atoms with Crippen molar-refractivity contribution in [3.05, 3.63) is 131 Å². The van der Waals surface area contributed by atoms with Crippen LogP contribution in [0.15, 0.2) is 97.1 Å². The second-order valence-corrected chi connectivity index (χ2v) is 9.61. The predicted octanol–water partition coefficient (Wildman–Crippen LogP) is 5.44. The minimum absolute atomic E-state index is 0.0264. The number of amides is 2. The third-order valence-corrected chi connectivity index (χ3v) is 7.85. The lowest BCUT2D eigenvalue weighted by molar-refractivity contribution is -0.122. The van der Waals surface area contributed by atoms with Crippen LogP contribution in [-0.2, 0) is 9.59 Å². The molecule has 0 N–H and O–H groups in total. The molecule has 4 aliphatic rings. The standard InChI is InChI=1S/C31H20FNO4/c32-22-14-6-5-13-21(22)31(36)37-24-16-8-7-15-23(24)33-29(34)27-25-17-9-1-2-10-18(17)26(28(27)30(33)35)20-12-4-3-11-19(20)25/h1-16,25-28H. The van der Waals surface area contributed by atoms with Crippen molar-refractivity contribution >= 4 is 23.5 Å². The van der Waals surface area contributed by atoms with Gasteiger partial charge in [-0.3, -0.25) is 9.59 Å². The molecule has 0 aromatic heterocycles. The number of carbonyl (C=O) groups is 3. The van der Waals surface area contributed by atoms with Crippen molar-refractivity contribution < 1.29 is 23.5 Å². The van der Waals surface area contributed by atoms with Gasteiger partial charge in [-0.15, -0.1) is 0 Å². The number of hydrogen-bond acceptors (Lipinski definition) is 4. The molecule has 3 aliphatic carbocycles. The number of benzene rings is 4. The predicted molar refractivity (Wildman–Crippen MR) is 134 cm³/mol. The molecule has 0 saturated carbocycles. The zero-order valence-corrected chi connectivity index (χ0v) is 19.5. The molecular weight excluding hydrogens is 469 g/mol. The summed E-state index contributed by atoms with van der Waals surface area (Å²) in [6, 6.07) is 28.0. The van der Waals surface area contributed by atoms with E-state index in [9.17, 15) is 18.8 Å². The highest BCUT2D eigenvalue weighted by molar-refractivity contribution is 6.24. The number of nitrogens with zero attached hydrogens (tertiary/aromatic N) is 1. The lowest BCUT2D eigenvalue weighted by atomic mass is 9.55. The number of imide groups is 1. The maximum atomic E-state index is 14.2. The summed E-state index contributed by atoms with van der Waals surface area (Å²) in [5.41, 5.74) is 4.27. The molecule has 6 heteroatoms. The van der Waals surface area contributed by atoms with Crippen LogP contribution in [0.25, 0.3) is 0 Å². The van der Waals surface area contributed by atoms with Crippen LogP contribution in [0.1, 0.15) is 44.4 Å². The van der Waals surface area contributed by atoms with Gasteiger partial charge in [0.2, 0.25) is 11.8 Å². The third-order valence-electron chi connectivity index (χ3n) is 7.85. The van der Waals surface area contributed by atoms with E-state index in [0.29, 0.717) is 0 Å². The maximum absolute atomic E-state index is 14.2. The van der Waals surface area contributed by atoms with Crippen LogP contribution in [0.4, 0.5) is 10.1 Å². The van der Waals surface area contributed by atoms with E-state index < -0.39 is 23.6 Å². The molecule has 2 unspecified atom stereocenters. The van der Waals surface area contributed by atoms with Gasteiger partial charge in [-0.1, -0.05) is 72.8 Å². The Bertz CT molecular complexity index is 1510. The summed E-state index contributed by atoms with van der Waals surface area (Å²) >= 11 is 0. The fraction of sp³-hybridized carbons (Fsp3) is 0.129. The van der Waals surface area contributed by atoms with Gasteiger partial charge in [0.1, 0.15) is 5.82 Å². The van der Waals surface area contributed by atoms with Gasteiger partial charge in [-0.25, -0.2) is 14.1 Å². The molecule has 1 saturated heterocycles. The zero-order valence-electron chi connectivity index (χ0n) is 19.5. The highest BCUT2D eigenvalue weighted by Gasteiger charge is 2.62. The van der Waals surface area contributed by atoms with Crippen LogP contribution in [0.3, 0.4) is 0 Å². The molecule has 2 bridgehead atoms. The zero-order chi connectivity index (χ0) is 25.3. The van der Waals surface area contributed by atoms with Gasteiger partial charge in [-0.2, -0.15) is 0 Å². The highest BCUT2D eigenvalue weighted by Crippen LogP contribution is 2.61. The second-order valence-electron chi connectivity index (χ2n) is 9.61. The van der Waals surface area contributed by atoms with Gasteiger partial charge in [-0.05, 0) is 46.5 Å². The molecule has 5 nitrogen and oxygen atoms in total. The molecule has 1 heterocycles. The molecule has 8 rings (SSSR count). The van der Waals surface area contributed by atoms with Crippen molar-refractivity contribution in [1.82, 2.24) is 0 Å². The Morgan fingerprint density at radius 1 is 0.649 bits per heavy atom. The first kappa shape index (κ1) is 21.7. The van der Waals surface area contributed by atoms with E-state index >= 15 is 0 Å². The van der Waals surface area contributed by atoms with Gasteiger partial charge in [0.05, 0.1) is 23.1 Å². The Labute approximate surface area is 212 Å². The molecule has 2 atom stereocenters. The minimum Gasteiger partial charge on any atom is -0.421 e. The van der Waals surface area contributed by atoms with Crippen LogP contribution < -0.4 is 9.64 Å². The maximum Gasteiger partial charge on any atom is 0.346 e. The van der Waals surface area contributed by atoms with Crippen LogP contribution in [0, 0.1) is 17.7 Å². The van der Waals surface area contributed by atoms with Gasteiger partial charge in [0.15, 0.2) is 5.75 Å². The summed E-state index contributed by atoms with van der Waals surface area (Å²) in [4.78, 5) is 42.0. The topological polar surface area (TPSA) is 63.7 Å². The highest BCUT2D eigenvalue weighted by atomic mass is 19.1. The summed E-state index contributed by atoms with van der Waals surface area (Å²) in [7, 11) is 0. The Morgan fingerprint density at radius 2 is 1.11 bits per heavy atom. The molecule has 180 valence electrons. The third kappa shape index (κ3) is 2.99. The first-order valence-electron chi connectivity index (χ1n) is 12.2. The van der Waals surface area contributed by atoms with Crippen LogP contribution in [-0.4, -0.2) is 17.8 Å². The fourth-order valence-electron chi connectivity index (χ4n) is 6.42. The molecule has 4 aromatic carbocycles. The van der Waals surface area contributed by atoms with E-state index in [1.165, 1.54) is 30.3 Å². The number of esters is 1.